The van der Waals surface area contributed by atoms with Gasteiger partial charge in [-0.05, 0) is 26.1 Å². The SMILES string of the molecule is CNS(=O)(=O)c1ccccc1NC(C)CC(=O)O. The average molecular weight is 272 g/mol. The van der Waals surface area contributed by atoms with Gasteiger partial charge in [0.15, 0.2) is 0 Å². The summed E-state index contributed by atoms with van der Waals surface area (Å²) in [6.45, 7) is 1.68. The van der Waals surface area contributed by atoms with E-state index in [9.17, 15) is 13.2 Å². The summed E-state index contributed by atoms with van der Waals surface area (Å²) in [6.07, 6.45) is -0.0893. The van der Waals surface area contributed by atoms with Gasteiger partial charge in [-0.2, -0.15) is 0 Å². The van der Waals surface area contributed by atoms with Crippen LogP contribution in [-0.2, 0) is 14.8 Å². The molecule has 100 valence electrons. The first kappa shape index (κ1) is 14.5. The second-order valence-corrected chi connectivity index (χ2v) is 5.70. The number of sulfonamides is 1. The van der Waals surface area contributed by atoms with Crippen molar-refractivity contribution in [2.75, 3.05) is 12.4 Å². The van der Waals surface area contributed by atoms with Gasteiger partial charge in [0.05, 0.1) is 12.1 Å². The summed E-state index contributed by atoms with van der Waals surface area (Å²) in [7, 11) is -2.24. The van der Waals surface area contributed by atoms with E-state index in [0.717, 1.165) is 0 Å². The van der Waals surface area contributed by atoms with Crippen molar-refractivity contribution in [1.82, 2.24) is 4.72 Å². The Morgan fingerprint density at radius 3 is 2.56 bits per heavy atom. The van der Waals surface area contributed by atoms with E-state index in [-0.39, 0.29) is 17.4 Å². The number of aliphatic carboxylic acids is 1. The maximum atomic E-state index is 11.8. The zero-order valence-corrected chi connectivity index (χ0v) is 11.0. The molecular formula is C11H16N2O4S. The largest absolute Gasteiger partial charge is 0.481 e. The molecule has 0 saturated heterocycles. The molecule has 3 N–H and O–H groups in total. The minimum Gasteiger partial charge on any atom is -0.481 e. The number of nitrogens with one attached hydrogen (secondary N) is 2. The summed E-state index contributed by atoms with van der Waals surface area (Å²) in [6, 6.07) is 5.99. The van der Waals surface area contributed by atoms with Crippen molar-refractivity contribution < 1.29 is 18.3 Å². The molecule has 0 radical (unpaired) electrons. The fraction of sp³-hybridized carbons (Fsp3) is 0.364. The van der Waals surface area contributed by atoms with Crippen molar-refractivity contribution >= 4 is 21.7 Å². The quantitative estimate of drug-likeness (QED) is 0.714. The molecule has 0 aliphatic heterocycles. The van der Waals surface area contributed by atoms with Crippen molar-refractivity contribution in [1.29, 1.82) is 0 Å². The van der Waals surface area contributed by atoms with Crippen LogP contribution in [0.3, 0.4) is 0 Å². The average Bonchev–Trinajstić information content (AvgIpc) is 2.28. The summed E-state index contributed by atoms with van der Waals surface area (Å²) in [5, 5.41) is 11.5. The molecular weight excluding hydrogens is 256 g/mol. The van der Waals surface area contributed by atoms with Crippen molar-refractivity contribution in [2.45, 2.75) is 24.3 Å². The molecule has 0 aliphatic rings. The summed E-state index contributed by atoms with van der Waals surface area (Å²) < 4.78 is 25.7. The van der Waals surface area contributed by atoms with Gasteiger partial charge in [0, 0.05) is 6.04 Å². The predicted molar refractivity (Wildman–Crippen MR) is 68.0 cm³/mol. The summed E-state index contributed by atoms with van der Waals surface area (Å²) in [4.78, 5) is 10.7. The Kier molecular flexibility index (Phi) is 4.69. The van der Waals surface area contributed by atoms with Crippen molar-refractivity contribution in [3.05, 3.63) is 24.3 Å². The molecule has 0 fully saturated rings. The lowest BCUT2D eigenvalue weighted by Crippen LogP contribution is -2.24. The number of carboxylic acid groups (broad SMARTS) is 1. The zero-order chi connectivity index (χ0) is 13.8. The smallest absolute Gasteiger partial charge is 0.305 e. The molecule has 7 heteroatoms. The van der Waals surface area contributed by atoms with E-state index in [0.29, 0.717) is 5.69 Å². The Bertz CT molecular complexity index is 528. The molecule has 6 nitrogen and oxygen atoms in total. The van der Waals surface area contributed by atoms with Crippen LogP contribution in [0.1, 0.15) is 13.3 Å². The standard InChI is InChI=1S/C11H16N2O4S/c1-8(7-11(14)15)13-9-5-3-4-6-10(9)18(16,17)12-2/h3-6,8,12-13H,7H2,1-2H3,(H,14,15). The lowest BCUT2D eigenvalue weighted by Gasteiger charge is -2.16. The van der Waals surface area contributed by atoms with Crippen LogP contribution in [0.2, 0.25) is 0 Å². The fourth-order valence-corrected chi connectivity index (χ4v) is 2.40. The Morgan fingerprint density at radius 2 is 2.00 bits per heavy atom. The Hall–Kier alpha value is -1.60. The minimum absolute atomic E-state index is 0.0893. The van der Waals surface area contributed by atoms with Gasteiger partial charge in [0.2, 0.25) is 10.0 Å². The van der Waals surface area contributed by atoms with E-state index in [1.165, 1.54) is 13.1 Å². The number of carboxylic acids is 1. The summed E-state index contributed by atoms with van der Waals surface area (Å²) >= 11 is 0. The monoisotopic (exact) mass is 272 g/mol. The van der Waals surface area contributed by atoms with E-state index in [1.807, 2.05) is 0 Å². The second-order valence-electron chi connectivity index (χ2n) is 3.85. The number of carbonyl (C=O) groups is 1. The highest BCUT2D eigenvalue weighted by atomic mass is 32.2. The normalized spacial score (nSPS) is 13.0. The summed E-state index contributed by atoms with van der Waals surface area (Å²) in [5.41, 5.74) is 0.389. The van der Waals surface area contributed by atoms with E-state index < -0.39 is 16.0 Å². The van der Waals surface area contributed by atoms with Gasteiger partial charge in [-0.1, -0.05) is 12.1 Å². The molecule has 0 aromatic heterocycles. The molecule has 0 saturated carbocycles. The third-order valence-electron chi connectivity index (χ3n) is 2.33. The lowest BCUT2D eigenvalue weighted by molar-refractivity contribution is -0.137. The van der Waals surface area contributed by atoms with Crippen LogP contribution in [0.4, 0.5) is 5.69 Å². The van der Waals surface area contributed by atoms with Gasteiger partial charge in [0.25, 0.3) is 0 Å². The minimum atomic E-state index is -3.56. The van der Waals surface area contributed by atoms with E-state index in [2.05, 4.69) is 10.0 Å². The zero-order valence-electron chi connectivity index (χ0n) is 10.2. The number of hydrogen-bond acceptors (Lipinski definition) is 4. The molecule has 1 atom stereocenters. The summed E-state index contributed by atoms with van der Waals surface area (Å²) in [5.74, 6) is -0.941. The third-order valence-corrected chi connectivity index (χ3v) is 3.80. The van der Waals surface area contributed by atoms with E-state index in [4.69, 9.17) is 5.11 Å². The molecule has 18 heavy (non-hydrogen) atoms. The molecule has 1 aromatic carbocycles. The van der Waals surface area contributed by atoms with Crippen LogP contribution in [0.15, 0.2) is 29.2 Å². The van der Waals surface area contributed by atoms with Crippen LogP contribution in [0.5, 0.6) is 0 Å². The fourth-order valence-electron chi connectivity index (χ4n) is 1.51. The van der Waals surface area contributed by atoms with Crippen LogP contribution in [-0.4, -0.2) is 32.6 Å². The van der Waals surface area contributed by atoms with Gasteiger partial charge in [0.1, 0.15) is 4.90 Å². The first-order valence-electron chi connectivity index (χ1n) is 5.37. The van der Waals surface area contributed by atoms with Gasteiger partial charge in [-0.3, -0.25) is 4.79 Å². The third kappa shape index (κ3) is 3.71. The molecule has 0 aliphatic carbocycles. The molecule has 1 unspecified atom stereocenters. The number of hydrogen-bond donors (Lipinski definition) is 3. The number of rotatable bonds is 6. The van der Waals surface area contributed by atoms with Crippen molar-refractivity contribution in [3.63, 3.8) is 0 Å². The molecule has 0 amide bonds. The van der Waals surface area contributed by atoms with Crippen LogP contribution >= 0.6 is 0 Å². The highest BCUT2D eigenvalue weighted by Gasteiger charge is 2.17. The first-order chi connectivity index (χ1) is 8.36. The van der Waals surface area contributed by atoms with E-state index >= 15 is 0 Å². The molecule has 1 rings (SSSR count). The molecule has 0 bridgehead atoms. The van der Waals surface area contributed by atoms with Crippen LogP contribution in [0, 0.1) is 0 Å². The number of para-hydroxylation sites is 1. The Balaban J connectivity index is 3.00. The van der Waals surface area contributed by atoms with Gasteiger partial charge in [-0.15, -0.1) is 0 Å². The predicted octanol–water partition coefficient (Wildman–Crippen LogP) is 0.870. The lowest BCUT2D eigenvalue weighted by atomic mass is 10.2. The second kappa shape index (κ2) is 5.83. The highest BCUT2D eigenvalue weighted by Crippen LogP contribution is 2.21. The first-order valence-corrected chi connectivity index (χ1v) is 6.86. The Morgan fingerprint density at radius 1 is 1.39 bits per heavy atom. The van der Waals surface area contributed by atoms with E-state index in [1.54, 1.807) is 25.1 Å². The maximum absolute atomic E-state index is 11.8. The molecule has 0 heterocycles. The highest BCUT2D eigenvalue weighted by molar-refractivity contribution is 7.89. The number of benzene rings is 1. The Labute approximate surface area is 106 Å². The maximum Gasteiger partial charge on any atom is 0.305 e. The van der Waals surface area contributed by atoms with Crippen molar-refractivity contribution in [3.8, 4) is 0 Å². The topological polar surface area (TPSA) is 95.5 Å². The van der Waals surface area contributed by atoms with Crippen LogP contribution < -0.4 is 10.0 Å². The molecule has 1 aromatic rings. The van der Waals surface area contributed by atoms with Gasteiger partial charge in [-0.25, -0.2) is 13.1 Å². The van der Waals surface area contributed by atoms with Gasteiger partial charge >= 0.3 is 5.97 Å². The van der Waals surface area contributed by atoms with Crippen LogP contribution in [0.25, 0.3) is 0 Å². The van der Waals surface area contributed by atoms with Gasteiger partial charge < -0.3 is 10.4 Å². The number of anilines is 1. The van der Waals surface area contributed by atoms with Crippen molar-refractivity contribution in [2.24, 2.45) is 0 Å². The molecule has 0 spiro atoms.